The first-order valence-electron chi connectivity index (χ1n) is 9.88. The lowest BCUT2D eigenvalue weighted by molar-refractivity contribution is -0.0495. The molecule has 30 heavy (non-hydrogen) atoms. The van der Waals surface area contributed by atoms with Gasteiger partial charge in [-0.1, -0.05) is 0 Å². The zero-order chi connectivity index (χ0) is 21.3. The lowest BCUT2D eigenvalue weighted by atomic mass is 10.1. The lowest BCUT2D eigenvalue weighted by Crippen LogP contribution is -2.40. The molecule has 0 spiro atoms. The summed E-state index contributed by atoms with van der Waals surface area (Å²) in [6, 6.07) is 7.00. The van der Waals surface area contributed by atoms with Crippen molar-refractivity contribution in [1.29, 1.82) is 0 Å². The Kier molecular flexibility index (Phi) is 5.72. The Hall–Kier alpha value is -2.94. The summed E-state index contributed by atoms with van der Waals surface area (Å²) in [5.74, 6) is 1.05. The number of hydrogen-bond donors (Lipinski definition) is 1. The maximum atomic E-state index is 13.0. The molecule has 0 radical (unpaired) electrons. The number of piperidine rings is 1. The van der Waals surface area contributed by atoms with Crippen molar-refractivity contribution in [2.24, 2.45) is 0 Å². The normalized spacial score (nSPS) is 17.5. The van der Waals surface area contributed by atoms with Crippen LogP contribution in [0.4, 0.5) is 14.7 Å². The first-order valence-corrected chi connectivity index (χ1v) is 9.88. The van der Waals surface area contributed by atoms with Crippen molar-refractivity contribution in [1.82, 2.24) is 19.5 Å². The minimum atomic E-state index is -2.96. The van der Waals surface area contributed by atoms with Crippen molar-refractivity contribution < 1.29 is 18.3 Å². The highest BCUT2D eigenvalue weighted by Crippen LogP contribution is 2.36. The van der Waals surface area contributed by atoms with Gasteiger partial charge in [0.2, 0.25) is 5.95 Å². The fraction of sp³-hybridized carbons (Fsp3) is 0.429. The summed E-state index contributed by atoms with van der Waals surface area (Å²) in [4.78, 5) is 2.28. The molecule has 1 atom stereocenters. The zero-order valence-corrected chi connectivity index (χ0v) is 17.2. The highest BCUT2D eigenvalue weighted by Gasteiger charge is 2.21. The summed E-state index contributed by atoms with van der Waals surface area (Å²) < 4.78 is 37.8. The first kappa shape index (κ1) is 20.3. The van der Waals surface area contributed by atoms with E-state index in [0.29, 0.717) is 23.0 Å². The minimum Gasteiger partial charge on any atom is -0.497 e. The monoisotopic (exact) mass is 417 g/mol. The van der Waals surface area contributed by atoms with Gasteiger partial charge in [0, 0.05) is 30.4 Å². The third-order valence-electron chi connectivity index (χ3n) is 5.29. The van der Waals surface area contributed by atoms with Gasteiger partial charge < -0.3 is 19.7 Å². The SMILES string of the molecule is COc1ccc(-c2nnc(N[C@@H]3CCCN(C)C3)n3cc(C)cc23)c(OC(F)F)c1. The van der Waals surface area contributed by atoms with Gasteiger partial charge in [0.15, 0.2) is 0 Å². The van der Waals surface area contributed by atoms with Crippen LogP contribution in [0.15, 0.2) is 30.5 Å². The van der Waals surface area contributed by atoms with Gasteiger partial charge in [0.25, 0.3) is 0 Å². The highest BCUT2D eigenvalue weighted by molar-refractivity contribution is 5.82. The van der Waals surface area contributed by atoms with E-state index in [1.165, 1.54) is 13.2 Å². The quantitative estimate of drug-likeness (QED) is 0.658. The number of aromatic nitrogens is 3. The summed E-state index contributed by atoms with van der Waals surface area (Å²) in [5, 5.41) is 12.3. The summed E-state index contributed by atoms with van der Waals surface area (Å²) >= 11 is 0. The van der Waals surface area contributed by atoms with Gasteiger partial charge in [-0.05, 0) is 57.1 Å². The Bertz CT molecular complexity index is 1040. The van der Waals surface area contributed by atoms with Crippen LogP contribution in [0.25, 0.3) is 16.8 Å². The van der Waals surface area contributed by atoms with E-state index in [1.54, 1.807) is 12.1 Å². The Morgan fingerprint density at radius 1 is 1.23 bits per heavy atom. The highest BCUT2D eigenvalue weighted by atomic mass is 19.3. The fourth-order valence-electron chi connectivity index (χ4n) is 3.93. The second kappa shape index (κ2) is 8.43. The molecule has 1 aromatic carbocycles. The van der Waals surface area contributed by atoms with Crippen LogP contribution in [-0.2, 0) is 0 Å². The van der Waals surface area contributed by atoms with E-state index in [-0.39, 0.29) is 11.8 Å². The van der Waals surface area contributed by atoms with Crippen LogP contribution in [0.1, 0.15) is 18.4 Å². The number of aryl methyl sites for hydroxylation is 1. The van der Waals surface area contributed by atoms with Gasteiger partial charge in [-0.3, -0.25) is 4.40 Å². The van der Waals surface area contributed by atoms with Crippen molar-refractivity contribution >= 4 is 11.5 Å². The summed E-state index contributed by atoms with van der Waals surface area (Å²) in [7, 11) is 3.57. The van der Waals surface area contributed by atoms with Crippen LogP contribution >= 0.6 is 0 Å². The molecular weight excluding hydrogens is 392 g/mol. The average Bonchev–Trinajstić information content (AvgIpc) is 3.10. The number of hydrogen-bond acceptors (Lipinski definition) is 6. The van der Waals surface area contributed by atoms with Crippen LogP contribution in [0, 0.1) is 6.92 Å². The van der Waals surface area contributed by atoms with Gasteiger partial charge in [0.05, 0.1) is 12.6 Å². The third kappa shape index (κ3) is 4.16. The van der Waals surface area contributed by atoms with E-state index in [9.17, 15) is 8.78 Å². The molecule has 1 aliphatic heterocycles. The van der Waals surface area contributed by atoms with Crippen LogP contribution in [-0.4, -0.2) is 59.4 Å². The molecule has 1 N–H and O–H groups in total. The zero-order valence-electron chi connectivity index (χ0n) is 17.2. The topological polar surface area (TPSA) is 63.9 Å². The van der Waals surface area contributed by atoms with E-state index in [2.05, 4.69) is 27.5 Å². The number of likely N-dealkylation sites (tertiary alicyclic amines) is 1. The lowest BCUT2D eigenvalue weighted by Gasteiger charge is -2.30. The largest absolute Gasteiger partial charge is 0.497 e. The van der Waals surface area contributed by atoms with Crippen LogP contribution in [0.2, 0.25) is 0 Å². The minimum absolute atomic E-state index is 0.00554. The molecule has 160 valence electrons. The number of nitrogens with one attached hydrogen (secondary N) is 1. The number of nitrogens with zero attached hydrogens (tertiary/aromatic N) is 4. The third-order valence-corrected chi connectivity index (χ3v) is 5.29. The van der Waals surface area contributed by atoms with Gasteiger partial charge in [0.1, 0.15) is 17.2 Å². The molecule has 1 aliphatic rings. The van der Waals surface area contributed by atoms with Crippen molar-refractivity contribution in [3.63, 3.8) is 0 Å². The number of alkyl halides is 2. The number of fused-ring (bicyclic) bond motifs is 1. The number of ether oxygens (including phenoxy) is 2. The molecular formula is C21H25F2N5O2. The Morgan fingerprint density at radius 3 is 2.80 bits per heavy atom. The van der Waals surface area contributed by atoms with Crippen molar-refractivity contribution in [2.45, 2.75) is 32.4 Å². The smallest absolute Gasteiger partial charge is 0.387 e. The van der Waals surface area contributed by atoms with E-state index >= 15 is 0 Å². The standard InChI is InChI=1S/C21H25F2N5O2/c1-13-9-17-19(16-7-6-15(29-3)10-18(16)30-20(22)23)25-26-21(28(17)11-13)24-14-5-4-8-27(2)12-14/h6-7,9-11,14,20H,4-5,8,12H2,1-3H3,(H,24,26)/t14-/m1/s1. The molecule has 0 amide bonds. The van der Waals surface area contributed by atoms with Crippen molar-refractivity contribution in [3.05, 3.63) is 36.0 Å². The maximum absolute atomic E-state index is 13.0. The molecule has 0 aliphatic carbocycles. The Labute approximate surface area is 173 Å². The number of rotatable bonds is 6. The Balaban J connectivity index is 1.76. The molecule has 0 saturated carbocycles. The van der Waals surface area contributed by atoms with Crippen LogP contribution in [0.3, 0.4) is 0 Å². The van der Waals surface area contributed by atoms with Gasteiger partial charge >= 0.3 is 6.61 Å². The van der Waals surface area contributed by atoms with Crippen LogP contribution < -0.4 is 14.8 Å². The molecule has 2 aromatic heterocycles. The molecule has 3 heterocycles. The number of halogens is 2. The van der Waals surface area contributed by atoms with E-state index < -0.39 is 6.61 Å². The molecule has 1 saturated heterocycles. The molecule has 1 fully saturated rings. The van der Waals surface area contributed by atoms with E-state index in [0.717, 1.165) is 37.0 Å². The molecule has 3 aromatic rings. The second-order valence-corrected chi connectivity index (χ2v) is 7.63. The molecule has 0 unspecified atom stereocenters. The van der Waals surface area contributed by atoms with E-state index in [4.69, 9.17) is 9.47 Å². The summed E-state index contributed by atoms with van der Waals surface area (Å²) in [6.45, 7) is 1.03. The number of anilines is 1. The van der Waals surface area contributed by atoms with Gasteiger partial charge in [-0.2, -0.15) is 8.78 Å². The summed E-state index contributed by atoms with van der Waals surface area (Å²) in [6.07, 6.45) is 4.13. The molecule has 9 heteroatoms. The number of methoxy groups -OCH3 is 1. The number of benzene rings is 1. The second-order valence-electron chi connectivity index (χ2n) is 7.63. The molecule has 4 rings (SSSR count). The summed E-state index contributed by atoms with van der Waals surface area (Å²) in [5.41, 5.74) is 2.67. The molecule has 7 nitrogen and oxygen atoms in total. The molecule has 0 bridgehead atoms. The number of likely N-dealkylation sites (N-methyl/N-ethyl adjacent to an activating group) is 1. The fourth-order valence-corrected chi connectivity index (χ4v) is 3.93. The van der Waals surface area contributed by atoms with E-state index in [1.807, 2.05) is 23.6 Å². The van der Waals surface area contributed by atoms with Crippen LogP contribution in [0.5, 0.6) is 11.5 Å². The maximum Gasteiger partial charge on any atom is 0.387 e. The van der Waals surface area contributed by atoms with Gasteiger partial charge in [-0.15, -0.1) is 10.2 Å². The van der Waals surface area contributed by atoms with Crippen molar-refractivity contribution in [2.75, 3.05) is 32.6 Å². The van der Waals surface area contributed by atoms with Crippen molar-refractivity contribution in [3.8, 4) is 22.8 Å². The predicted molar refractivity (Wildman–Crippen MR) is 110 cm³/mol. The first-order chi connectivity index (χ1) is 14.4. The van der Waals surface area contributed by atoms with Gasteiger partial charge in [-0.25, -0.2) is 0 Å². The average molecular weight is 417 g/mol. The predicted octanol–water partition coefficient (Wildman–Crippen LogP) is 3.82. The Morgan fingerprint density at radius 2 is 2.07 bits per heavy atom.